The molecule has 0 aromatic rings. The fourth-order valence-corrected chi connectivity index (χ4v) is 9.71. The first kappa shape index (κ1) is 40.1. The van der Waals surface area contributed by atoms with E-state index in [2.05, 4.69) is 59.0 Å². The van der Waals surface area contributed by atoms with Crippen LogP contribution in [0.2, 0.25) is 18.1 Å². The average Bonchev–Trinajstić information content (AvgIpc) is 2.93. The highest BCUT2D eigenvalue weighted by Gasteiger charge is 2.45. The van der Waals surface area contributed by atoms with Crippen LogP contribution in [0.15, 0.2) is 23.8 Å². The second-order valence-electron chi connectivity index (χ2n) is 16.0. The van der Waals surface area contributed by atoms with Gasteiger partial charge in [-0.05, 0) is 82.5 Å². The summed E-state index contributed by atoms with van der Waals surface area (Å²) in [7, 11) is -5.55. The Labute approximate surface area is 285 Å². The number of hydrogen-bond acceptors (Lipinski definition) is 9. The maximum absolute atomic E-state index is 13.5. The van der Waals surface area contributed by atoms with Crippen molar-refractivity contribution in [2.24, 2.45) is 23.7 Å². The Hall–Kier alpha value is -1.29. The van der Waals surface area contributed by atoms with Gasteiger partial charge in [0.2, 0.25) is 0 Å². The van der Waals surface area contributed by atoms with E-state index >= 15 is 0 Å². The third-order valence-corrected chi connectivity index (χ3v) is 16.6. The molecule has 270 valence electrons. The van der Waals surface area contributed by atoms with Crippen LogP contribution in [0.1, 0.15) is 108 Å². The van der Waals surface area contributed by atoms with Crippen LogP contribution >= 0.6 is 7.60 Å². The monoisotopic (exact) mass is 698 g/mol. The van der Waals surface area contributed by atoms with Gasteiger partial charge in [-0.1, -0.05) is 59.8 Å². The van der Waals surface area contributed by atoms with Gasteiger partial charge in [0, 0.05) is 18.8 Å². The molecule has 47 heavy (non-hydrogen) atoms. The molecule has 8 atom stereocenters. The lowest BCUT2D eigenvalue weighted by Crippen LogP contribution is -2.47. The van der Waals surface area contributed by atoms with Crippen molar-refractivity contribution in [1.29, 1.82) is 0 Å². The van der Waals surface area contributed by atoms with Crippen molar-refractivity contribution in [2.45, 2.75) is 163 Å². The second kappa shape index (κ2) is 16.6. The molecule has 0 unspecified atom stereocenters. The van der Waals surface area contributed by atoms with E-state index < -0.39 is 28.1 Å². The van der Waals surface area contributed by atoms with Gasteiger partial charge in [-0.15, -0.1) is 0 Å². The summed E-state index contributed by atoms with van der Waals surface area (Å²) in [5.41, 5.74) is 1.05. The maximum atomic E-state index is 13.5. The fraction of sp³-hybridized carbons (Fsp3) is 0.833. The Morgan fingerprint density at radius 3 is 2.28 bits per heavy atom. The molecule has 1 saturated heterocycles. The molecule has 3 aliphatic rings. The normalized spacial score (nSPS) is 29.4. The van der Waals surface area contributed by atoms with E-state index in [1.165, 1.54) is 0 Å². The zero-order valence-corrected chi connectivity index (χ0v) is 33.0. The van der Waals surface area contributed by atoms with Gasteiger partial charge >= 0.3 is 19.5 Å². The van der Waals surface area contributed by atoms with Crippen LogP contribution in [0, 0.1) is 23.7 Å². The zero-order chi connectivity index (χ0) is 35.3. The van der Waals surface area contributed by atoms with Crippen LogP contribution < -0.4 is 0 Å². The van der Waals surface area contributed by atoms with E-state index in [4.69, 9.17) is 27.7 Å². The van der Waals surface area contributed by atoms with Crippen molar-refractivity contribution in [2.75, 3.05) is 6.35 Å². The van der Waals surface area contributed by atoms with Crippen LogP contribution in [-0.2, 0) is 41.8 Å². The number of carbonyl (C=O) groups is 2. The van der Waals surface area contributed by atoms with Gasteiger partial charge in [0.15, 0.2) is 8.32 Å². The summed E-state index contributed by atoms with van der Waals surface area (Å²) in [6.45, 7) is 24.4. The molecule has 0 bridgehead atoms. The molecule has 1 fully saturated rings. The maximum Gasteiger partial charge on any atom is 0.356 e. The van der Waals surface area contributed by atoms with Crippen LogP contribution in [0.4, 0.5) is 0 Å². The number of rotatable bonds is 15. The summed E-state index contributed by atoms with van der Waals surface area (Å²) >= 11 is 0. The lowest BCUT2D eigenvalue weighted by molar-refractivity contribution is -0.162. The van der Waals surface area contributed by atoms with Gasteiger partial charge in [0.05, 0.1) is 36.8 Å². The SMILES string of the molecule is CC[C@H](C)C(=O)O[C@H]1C[C@H](OCP(=O)(OC(C)C)OC(C)C)C=C2C=C[C@H](C)[C@H](CC[C@@H]3C[C@@H](O[Si](C)(C)C(C)(C)C)CC(=O)O3)[C@H]21. The Kier molecular flexibility index (Phi) is 14.2. The van der Waals surface area contributed by atoms with E-state index in [0.717, 1.165) is 12.0 Å². The van der Waals surface area contributed by atoms with E-state index in [1.807, 2.05) is 41.5 Å². The molecule has 11 heteroatoms. The third-order valence-electron chi connectivity index (χ3n) is 10.1. The molecule has 3 rings (SSSR count). The first-order valence-corrected chi connectivity index (χ1v) is 22.4. The highest BCUT2D eigenvalue weighted by atomic mass is 31.2. The van der Waals surface area contributed by atoms with Gasteiger partial charge in [0.1, 0.15) is 18.6 Å². The average molecular weight is 699 g/mol. The van der Waals surface area contributed by atoms with Gasteiger partial charge < -0.3 is 27.7 Å². The van der Waals surface area contributed by atoms with Crippen molar-refractivity contribution in [3.05, 3.63) is 23.8 Å². The molecule has 2 aliphatic carbocycles. The number of cyclic esters (lactones) is 1. The minimum atomic E-state index is -3.51. The smallest absolute Gasteiger partial charge is 0.356 e. The van der Waals surface area contributed by atoms with Gasteiger partial charge in [-0.2, -0.15) is 0 Å². The molecule has 1 aliphatic heterocycles. The van der Waals surface area contributed by atoms with E-state index in [1.54, 1.807) is 0 Å². The van der Waals surface area contributed by atoms with E-state index in [9.17, 15) is 14.2 Å². The van der Waals surface area contributed by atoms with Crippen LogP contribution in [0.25, 0.3) is 0 Å². The molecule has 0 spiro atoms. The minimum absolute atomic E-state index is 0.0351. The molecular formula is C36H63O9PSi. The Morgan fingerprint density at radius 1 is 1.06 bits per heavy atom. The summed E-state index contributed by atoms with van der Waals surface area (Å²) < 4.78 is 49.9. The van der Waals surface area contributed by atoms with E-state index in [0.29, 0.717) is 32.1 Å². The molecule has 0 radical (unpaired) electrons. The first-order valence-electron chi connectivity index (χ1n) is 17.8. The number of allylic oxidation sites excluding steroid dienone is 2. The molecule has 0 aromatic heterocycles. The highest BCUT2D eigenvalue weighted by molar-refractivity contribution is 7.53. The third kappa shape index (κ3) is 11.4. The molecule has 1 heterocycles. The van der Waals surface area contributed by atoms with Crippen LogP contribution in [-0.4, -0.2) is 63.2 Å². The van der Waals surface area contributed by atoms with Crippen molar-refractivity contribution in [3.8, 4) is 0 Å². The molecular weight excluding hydrogens is 635 g/mol. The highest BCUT2D eigenvalue weighted by Crippen LogP contribution is 2.52. The van der Waals surface area contributed by atoms with Gasteiger partial charge in [-0.25, -0.2) is 0 Å². The lowest BCUT2D eigenvalue weighted by Gasteiger charge is -2.44. The molecule has 0 saturated carbocycles. The van der Waals surface area contributed by atoms with Crippen molar-refractivity contribution in [3.63, 3.8) is 0 Å². The quantitative estimate of drug-likeness (QED) is 0.0941. The topological polar surface area (TPSA) is 107 Å². The van der Waals surface area contributed by atoms with Crippen molar-refractivity contribution < 1.29 is 41.8 Å². The number of carbonyl (C=O) groups excluding carboxylic acids is 2. The minimum Gasteiger partial charge on any atom is -0.462 e. The second-order valence-corrected chi connectivity index (χ2v) is 22.6. The van der Waals surface area contributed by atoms with E-state index in [-0.39, 0.29) is 71.4 Å². The molecule has 0 N–H and O–H groups in total. The summed E-state index contributed by atoms with van der Waals surface area (Å²) in [6, 6.07) is 0. The van der Waals surface area contributed by atoms with Gasteiger partial charge in [0.25, 0.3) is 0 Å². The Morgan fingerprint density at radius 2 is 1.70 bits per heavy atom. The number of hydrogen-bond donors (Lipinski definition) is 0. The number of ether oxygens (including phenoxy) is 3. The van der Waals surface area contributed by atoms with Crippen LogP contribution in [0.3, 0.4) is 0 Å². The molecule has 9 nitrogen and oxygen atoms in total. The standard InChI is InChI=1S/C36H63O9PSi/c1-13-25(6)35(38)42-32-20-29(40-22-46(39,43-23(2)3)44-24(4)5)18-27-15-14-26(7)31(34(27)32)17-16-28-19-30(21-33(37)41-28)45-47(11,12)36(8,9)10/h14-15,18,23-26,28-32,34H,13,16-17,19-22H2,1-12H3/t25-,26-,28+,29+,30+,31-,32-,34-/m0/s1. The Bertz CT molecular complexity index is 1160. The summed E-state index contributed by atoms with van der Waals surface area (Å²) in [4.78, 5) is 25.9. The van der Waals surface area contributed by atoms with Crippen molar-refractivity contribution >= 4 is 27.9 Å². The van der Waals surface area contributed by atoms with Crippen molar-refractivity contribution in [1.82, 2.24) is 0 Å². The fourth-order valence-electron chi connectivity index (χ4n) is 6.52. The molecule has 0 aromatic carbocycles. The Balaban J connectivity index is 1.81. The largest absolute Gasteiger partial charge is 0.462 e. The summed E-state index contributed by atoms with van der Waals surface area (Å²) in [6.07, 6.45) is 8.07. The summed E-state index contributed by atoms with van der Waals surface area (Å²) in [5, 5.41) is 0.0561. The van der Waals surface area contributed by atoms with Gasteiger partial charge in [-0.3, -0.25) is 14.2 Å². The first-order chi connectivity index (χ1) is 21.7. The summed E-state index contributed by atoms with van der Waals surface area (Å²) in [5.74, 6) is -0.272. The lowest BCUT2D eigenvalue weighted by atomic mass is 9.66. The molecule has 0 amide bonds. The number of esters is 2. The number of fused-ring (bicyclic) bond motifs is 1. The predicted molar refractivity (Wildman–Crippen MR) is 188 cm³/mol. The predicted octanol–water partition coefficient (Wildman–Crippen LogP) is 8.97. The zero-order valence-electron chi connectivity index (χ0n) is 31.1. The van der Waals surface area contributed by atoms with Crippen LogP contribution in [0.5, 0.6) is 0 Å².